The minimum atomic E-state index is -0.459. The maximum atomic E-state index is 11.0. The molecule has 0 aromatic carbocycles. The van der Waals surface area contributed by atoms with E-state index in [1.54, 1.807) is 6.08 Å². The van der Waals surface area contributed by atoms with Crippen molar-refractivity contribution in [3.05, 3.63) is 12.2 Å². The second kappa shape index (κ2) is 5.21. The second-order valence-corrected chi connectivity index (χ2v) is 5.67. The van der Waals surface area contributed by atoms with Gasteiger partial charge >= 0.3 is 5.97 Å². The number of rotatable bonds is 3. The first kappa shape index (κ1) is 12.6. The van der Waals surface area contributed by atoms with E-state index in [0.717, 1.165) is 6.42 Å². The first-order valence-corrected chi connectivity index (χ1v) is 6.60. The Morgan fingerprint density at radius 3 is 2.76 bits per heavy atom. The van der Waals surface area contributed by atoms with Crippen molar-refractivity contribution in [2.75, 3.05) is 0 Å². The fraction of sp³-hybridized carbons (Fsp3) is 0.786. The Balaban J connectivity index is 1.95. The Morgan fingerprint density at radius 2 is 2.18 bits per heavy atom. The molecule has 0 spiro atoms. The van der Waals surface area contributed by atoms with Gasteiger partial charge in [-0.05, 0) is 36.7 Å². The summed E-state index contributed by atoms with van der Waals surface area (Å²) in [6.07, 6.45) is 6.49. The van der Waals surface area contributed by atoms with E-state index in [1.165, 1.54) is 18.9 Å². The molecule has 0 N–H and O–H groups in total. The van der Waals surface area contributed by atoms with Crippen molar-refractivity contribution in [3.63, 3.8) is 0 Å². The summed E-state index contributed by atoms with van der Waals surface area (Å²) in [6.45, 7) is 6.75. The highest BCUT2D eigenvalue weighted by Gasteiger charge is 2.34. The molecule has 0 aromatic rings. The summed E-state index contributed by atoms with van der Waals surface area (Å²) in [5.74, 6) is 1.61. The van der Waals surface area contributed by atoms with Gasteiger partial charge in [-0.15, -0.1) is 0 Å². The zero-order valence-corrected chi connectivity index (χ0v) is 10.9. The van der Waals surface area contributed by atoms with Crippen LogP contribution in [0.15, 0.2) is 12.2 Å². The summed E-state index contributed by atoms with van der Waals surface area (Å²) in [6, 6.07) is 0. The Hall–Kier alpha value is -0.830. The Morgan fingerprint density at radius 1 is 1.41 bits per heavy atom. The number of hydrogen-bond donors (Lipinski definition) is 0. The van der Waals surface area contributed by atoms with Gasteiger partial charge in [0.25, 0.3) is 0 Å². The van der Waals surface area contributed by atoms with Gasteiger partial charge in [-0.2, -0.15) is 0 Å². The van der Waals surface area contributed by atoms with E-state index in [-0.39, 0.29) is 12.1 Å². The van der Waals surface area contributed by atoms with Crippen LogP contribution in [-0.4, -0.2) is 18.4 Å². The van der Waals surface area contributed by atoms with Crippen LogP contribution in [0.2, 0.25) is 0 Å². The van der Waals surface area contributed by atoms with Crippen LogP contribution in [0.25, 0.3) is 0 Å². The third-order valence-corrected chi connectivity index (χ3v) is 3.89. The lowest BCUT2D eigenvalue weighted by Gasteiger charge is -2.37. The van der Waals surface area contributed by atoms with Gasteiger partial charge in [-0.25, -0.2) is 4.79 Å². The van der Waals surface area contributed by atoms with Gasteiger partial charge in [0.15, 0.2) is 0 Å². The number of cyclic esters (lactones) is 1. The Bertz CT molecular complexity index is 309. The maximum Gasteiger partial charge on any atom is 0.333 e. The lowest BCUT2D eigenvalue weighted by Crippen LogP contribution is -2.36. The molecular formula is C14H22O3. The first-order chi connectivity index (χ1) is 8.06. The van der Waals surface area contributed by atoms with Crippen molar-refractivity contribution in [2.24, 2.45) is 17.8 Å². The van der Waals surface area contributed by atoms with E-state index in [4.69, 9.17) is 9.47 Å². The molecule has 1 aliphatic heterocycles. The summed E-state index contributed by atoms with van der Waals surface area (Å²) in [5.41, 5.74) is 0. The van der Waals surface area contributed by atoms with Crippen molar-refractivity contribution in [2.45, 2.75) is 52.4 Å². The zero-order valence-electron chi connectivity index (χ0n) is 10.9. The minimum absolute atomic E-state index is 0.222. The van der Waals surface area contributed by atoms with Crippen molar-refractivity contribution >= 4 is 5.97 Å². The van der Waals surface area contributed by atoms with Gasteiger partial charge in [-0.3, -0.25) is 0 Å². The average Bonchev–Trinajstić information content (AvgIpc) is 2.63. The molecular weight excluding hydrogens is 216 g/mol. The molecule has 2 unspecified atom stereocenters. The lowest BCUT2D eigenvalue weighted by atomic mass is 9.75. The lowest BCUT2D eigenvalue weighted by molar-refractivity contribution is -0.178. The number of hydrogen-bond acceptors (Lipinski definition) is 3. The minimum Gasteiger partial charge on any atom is -0.429 e. The fourth-order valence-corrected chi connectivity index (χ4v) is 2.87. The van der Waals surface area contributed by atoms with E-state index in [1.807, 2.05) is 0 Å². The molecule has 2 aliphatic rings. The molecule has 1 heterocycles. The predicted octanol–water partition coefficient (Wildman–Crippen LogP) is 2.90. The van der Waals surface area contributed by atoms with Gasteiger partial charge in [0, 0.05) is 6.08 Å². The van der Waals surface area contributed by atoms with E-state index in [0.29, 0.717) is 17.8 Å². The third-order valence-electron chi connectivity index (χ3n) is 3.89. The summed E-state index contributed by atoms with van der Waals surface area (Å²) >= 11 is 0. The topological polar surface area (TPSA) is 35.5 Å². The normalized spacial score (nSPS) is 37.5. The molecule has 0 saturated heterocycles. The first-order valence-electron chi connectivity index (χ1n) is 6.60. The number of carbonyl (C=O) groups is 1. The average molecular weight is 238 g/mol. The second-order valence-electron chi connectivity index (χ2n) is 5.67. The molecule has 0 bridgehead atoms. The molecule has 1 saturated carbocycles. The maximum absolute atomic E-state index is 11.0. The SMILES string of the molecule is CC(C)C1CC[C@@H](C)CC1O[C@H]1C=CC(=O)O1. The van der Waals surface area contributed by atoms with E-state index in [2.05, 4.69) is 20.8 Å². The summed E-state index contributed by atoms with van der Waals surface area (Å²) in [5, 5.41) is 0. The monoisotopic (exact) mass is 238 g/mol. The third kappa shape index (κ3) is 3.09. The van der Waals surface area contributed by atoms with E-state index in [9.17, 15) is 4.79 Å². The predicted molar refractivity (Wildman–Crippen MR) is 65.2 cm³/mol. The van der Waals surface area contributed by atoms with Crippen molar-refractivity contribution in [1.82, 2.24) is 0 Å². The highest BCUT2D eigenvalue weighted by Crippen LogP contribution is 2.36. The van der Waals surface area contributed by atoms with Crippen LogP contribution in [0.4, 0.5) is 0 Å². The van der Waals surface area contributed by atoms with Crippen LogP contribution >= 0.6 is 0 Å². The highest BCUT2D eigenvalue weighted by atomic mass is 16.7. The van der Waals surface area contributed by atoms with Crippen molar-refractivity contribution in [3.8, 4) is 0 Å². The van der Waals surface area contributed by atoms with Gasteiger partial charge < -0.3 is 9.47 Å². The van der Waals surface area contributed by atoms with Crippen LogP contribution in [-0.2, 0) is 14.3 Å². The molecule has 0 aromatic heterocycles. The van der Waals surface area contributed by atoms with Gasteiger partial charge in [0.2, 0.25) is 6.29 Å². The van der Waals surface area contributed by atoms with Crippen LogP contribution < -0.4 is 0 Å². The molecule has 4 atom stereocenters. The summed E-state index contributed by atoms with van der Waals surface area (Å²) in [4.78, 5) is 11.0. The smallest absolute Gasteiger partial charge is 0.333 e. The molecule has 1 aliphatic carbocycles. The molecule has 0 amide bonds. The van der Waals surface area contributed by atoms with Crippen molar-refractivity contribution in [1.29, 1.82) is 0 Å². The van der Waals surface area contributed by atoms with Crippen molar-refractivity contribution < 1.29 is 14.3 Å². The summed E-state index contributed by atoms with van der Waals surface area (Å²) in [7, 11) is 0. The fourth-order valence-electron chi connectivity index (χ4n) is 2.87. The Kier molecular flexibility index (Phi) is 3.87. The highest BCUT2D eigenvalue weighted by molar-refractivity contribution is 5.84. The van der Waals surface area contributed by atoms with Crippen LogP contribution in [0.5, 0.6) is 0 Å². The number of ether oxygens (including phenoxy) is 2. The van der Waals surface area contributed by atoms with Crippen LogP contribution in [0.1, 0.15) is 40.0 Å². The standard InChI is InChI=1S/C14H22O3/c1-9(2)11-5-4-10(3)8-12(11)16-14-7-6-13(15)17-14/h6-7,9-12,14H,4-5,8H2,1-3H3/t10-,11?,12?,14-/m1/s1. The molecule has 2 rings (SSSR count). The number of carbonyl (C=O) groups excluding carboxylic acids is 1. The van der Waals surface area contributed by atoms with Gasteiger partial charge in [0.1, 0.15) is 0 Å². The molecule has 3 nitrogen and oxygen atoms in total. The molecule has 0 radical (unpaired) electrons. The molecule has 17 heavy (non-hydrogen) atoms. The van der Waals surface area contributed by atoms with Crippen LogP contribution in [0, 0.1) is 17.8 Å². The Labute approximate surface area is 103 Å². The largest absolute Gasteiger partial charge is 0.429 e. The number of esters is 1. The molecule has 1 fully saturated rings. The summed E-state index contributed by atoms with van der Waals surface area (Å²) < 4.78 is 11.0. The van der Waals surface area contributed by atoms with Gasteiger partial charge in [-0.1, -0.05) is 27.2 Å². The van der Waals surface area contributed by atoms with E-state index < -0.39 is 6.29 Å². The van der Waals surface area contributed by atoms with Gasteiger partial charge in [0.05, 0.1) is 6.10 Å². The molecule has 3 heteroatoms. The quantitative estimate of drug-likeness (QED) is 0.709. The molecule has 96 valence electrons. The van der Waals surface area contributed by atoms with Crippen LogP contribution in [0.3, 0.4) is 0 Å². The van der Waals surface area contributed by atoms with E-state index >= 15 is 0 Å². The zero-order chi connectivity index (χ0) is 12.4.